The van der Waals surface area contributed by atoms with Crippen LogP contribution < -0.4 is 10.2 Å². The van der Waals surface area contributed by atoms with Crippen molar-refractivity contribution in [1.82, 2.24) is 19.9 Å². The van der Waals surface area contributed by atoms with Gasteiger partial charge in [-0.05, 0) is 25.1 Å². The third-order valence-corrected chi connectivity index (χ3v) is 4.77. The molecular formula is C19H19F3N6O. The van der Waals surface area contributed by atoms with Gasteiger partial charge in [-0.25, -0.2) is 19.9 Å². The number of halogens is 3. The van der Waals surface area contributed by atoms with E-state index in [1.165, 1.54) is 18.7 Å². The summed E-state index contributed by atoms with van der Waals surface area (Å²) in [4.78, 5) is 17.7. The van der Waals surface area contributed by atoms with Crippen molar-refractivity contribution < 1.29 is 17.9 Å². The Labute approximate surface area is 165 Å². The first kappa shape index (κ1) is 19.3. The smallest absolute Gasteiger partial charge is 0.378 e. The van der Waals surface area contributed by atoms with E-state index in [1.54, 1.807) is 0 Å². The minimum atomic E-state index is -4.56. The van der Waals surface area contributed by atoms with E-state index in [0.29, 0.717) is 24.6 Å². The molecule has 10 heteroatoms. The molecule has 0 radical (unpaired) electrons. The lowest BCUT2D eigenvalue weighted by molar-refractivity contribution is -0.145. The molecule has 4 rings (SSSR count). The van der Waals surface area contributed by atoms with Crippen LogP contribution in [0.2, 0.25) is 0 Å². The lowest BCUT2D eigenvalue weighted by atomic mass is 10.1. The normalized spacial score (nSPS) is 16.1. The van der Waals surface area contributed by atoms with Gasteiger partial charge in [0.25, 0.3) is 0 Å². The largest absolute Gasteiger partial charge is 0.451 e. The molecule has 0 saturated carbocycles. The highest BCUT2D eigenvalue weighted by atomic mass is 19.4. The molecule has 1 saturated heterocycles. The second-order valence-corrected chi connectivity index (χ2v) is 6.73. The maximum Gasteiger partial charge on any atom is 0.451 e. The Morgan fingerprint density at radius 2 is 1.79 bits per heavy atom. The first-order chi connectivity index (χ1) is 13.9. The lowest BCUT2D eigenvalue weighted by Crippen LogP contribution is -2.36. The molecule has 0 unspecified atom stereocenters. The average molecular weight is 404 g/mol. The Morgan fingerprint density at radius 3 is 2.48 bits per heavy atom. The maximum atomic E-state index is 12.7. The predicted octanol–water partition coefficient (Wildman–Crippen LogP) is 3.45. The number of alkyl halides is 3. The highest BCUT2D eigenvalue weighted by molar-refractivity contribution is 5.91. The summed E-state index contributed by atoms with van der Waals surface area (Å²) in [7, 11) is 0. The molecule has 1 aliphatic heterocycles. The number of nitrogens with one attached hydrogen (secondary N) is 1. The molecule has 3 aromatic rings. The van der Waals surface area contributed by atoms with Crippen molar-refractivity contribution in [2.45, 2.75) is 19.1 Å². The minimum absolute atomic E-state index is 0.345. The number of hydrogen-bond acceptors (Lipinski definition) is 7. The Balaban J connectivity index is 1.59. The monoisotopic (exact) mass is 404 g/mol. The van der Waals surface area contributed by atoms with E-state index in [9.17, 15) is 13.2 Å². The molecule has 0 bridgehead atoms. The predicted molar refractivity (Wildman–Crippen MR) is 102 cm³/mol. The molecule has 3 heterocycles. The van der Waals surface area contributed by atoms with Crippen LogP contribution in [0, 0.1) is 0 Å². The van der Waals surface area contributed by atoms with E-state index < -0.39 is 12.0 Å². The van der Waals surface area contributed by atoms with Gasteiger partial charge in [0.2, 0.25) is 5.82 Å². The van der Waals surface area contributed by atoms with E-state index in [0.717, 1.165) is 29.7 Å². The van der Waals surface area contributed by atoms with Gasteiger partial charge in [0.05, 0.1) is 24.8 Å². The Kier molecular flexibility index (Phi) is 5.18. The Hall–Kier alpha value is -3.01. The van der Waals surface area contributed by atoms with Gasteiger partial charge >= 0.3 is 6.18 Å². The molecule has 1 N–H and O–H groups in total. The first-order valence-corrected chi connectivity index (χ1v) is 9.15. The summed E-state index contributed by atoms with van der Waals surface area (Å²) in [5.74, 6) is -0.561. The number of morpholine rings is 1. The van der Waals surface area contributed by atoms with Gasteiger partial charge in [0.15, 0.2) is 0 Å². The molecule has 1 aromatic carbocycles. The zero-order valence-electron chi connectivity index (χ0n) is 15.6. The van der Waals surface area contributed by atoms with Crippen molar-refractivity contribution in [1.29, 1.82) is 0 Å². The summed E-state index contributed by atoms with van der Waals surface area (Å²) >= 11 is 0. The van der Waals surface area contributed by atoms with Crippen molar-refractivity contribution in [3.8, 4) is 0 Å². The van der Waals surface area contributed by atoms with Crippen molar-refractivity contribution in [3.63, 3.8) is 0 Å². The Bertz CT molecular complexity index is 989. The summed E-state index contributed by atoms with van der Waals surface area (Å²) in [5.41, 5.74) is 2.34. The van der Waals surface area contributed by atoms with Gasteiger partial charge in [-0.2, -0.15) is 13.2 Å². The topological polar surface area (TPSA) is 76.1 Å². The highest BCUT2D eigenvalue weighted by Gasteiger charge is 2.34. The zero-order chi connectivity index (χ0) is 20.4. The molecule has 2 aromatic heterocycles. The van der Waals surface area contributed by atoms with Crippen LogP contribution in [0.25, 0.3) is 10.9 Å². The summed E-state index contributed by atoms with van der Waals surface area (Å²) in [6.45, 7) is 4.78. The second-order valence-electron chi connectivity index (χ2n) is 6.73. The van der Waals surface area contributed by atoms with E-state index in [4.69, 9.17) is 4.74 Å². The molecule has 1 fully saturated rings. The highest BCUT2D eigenvalue weighted by Crippen LogP contribution is 2.29. The van der Waals surface area contributed by atoms with E-state index >= 15 is 0 Å². The van der Waals surface area contributed by atoms with Gasteiger partial charge < -0.3 is 15.0 Å². The average Bonchev–Trinajstić information content (AvgIpc) is 2.74. The lowest BCUT2D eigenvalue weighted by Gasteiger charge is -2.29. The fourth-order valence-electron chi connectivity index (χ4n) is 3.17. The molecule has 1 aliphatic rings. The van der Waals surface area contributed by atoms with Gasteiger partial charge in [-0.3, -0.25) is 0 Å². The zero-order valence-corrected chi connectivity index (χ0v) is 15.6. The quantitative estimate of drug-likeness (QED) is 0.714. The number of fused-ring (bicyclic) bond motifs is 1. The van der Waals surface area contributed by atoms with E-state index in [-0.39, 0.29) is 6.04 Å². The molecule has 0 aliphatic carbocycles. The van der Waals surface area contributed by atoms with Crippen LogP contribution >= 0.6 is 0 Å². The molecule has 1 atom stereocenters. The summed E-state index contributed by atoms with van der Waals surface area (Å²) in [5, 5.41) is 4.06. The summed E-state index contributed by atoms with van der Waals surface area (Å²) in [6, 6.07) is 5.61. The molecule has 0 spiro atoms. The fourth-order valence-corrected chi connectivity index (χ4v) is 3.17. The van der Waals surface area contributed by atoms with Crippen molar-refractivity contribution in [3.05, 3.63) is 48.3 Å². The molecule has 7 nitrogen and oxygen atoms in total. The molecule has 152 valence electrons. The van der Waals surface area contributed by atoms with Gasteiger partial charge in [-0.15, -0.1) is 0 Å². The van der Waals surface area contributed by atoms with E-state index in [1.807, 2.05) is 25.1 Å². The number of anilines is 2. The van der Waals surface area contributed by atoms with Gasteiger partial charge in [0.1, 0.15) is 12.1 Å². The molecule has 0 amide bonds. The summed E-state index contributed by atoms with van der Waals surface area (Å²) < 4.78 is 43.4. The SMILES string of the molecule is C[C@@H](Nc1ncnc2ccc(N3CCOCC3)cc12)c1cnc(C(F)(F)F)nc1. The van der Waals surface area contributed by atoms with Gasteiger partial charge in [-0.1, -0.05) is 0 Å². The van der Waals surface area contributed by atoms with Crippen molar-refractivity contribution in [2.24, 2.45) is 0 Å². The molecule has 29 heavy (non-hydrogen) atoms. The number of aromatic nitrogens is 4. The van der Waals surface area contributed by atoms with Crippen LogP contribution in [0.1, 0.15) is 24.4 Å². The van der Waals surface area contributed by atoms with Gasteiger partial charge in [0, 0.05) is 42.1 Å². The van der Waals surface area contributed by atoms with Crippen LogP contribution in [-0.2, 0) is 10.9 Å². The molecular weight excluding hydrogens is 385 g/mol. The minimum Gasteiger partial charge on any atom is -0.378 e. The second kappa shape index (κ2) is 7.78. The van der Waals surface area contributed by atoms with Crippen LogP contribution in [-0.4, -0.2) is 46.2 Å². The number of benzene rings is 1. The standard InChI is InChI=1S/C19H19F3N6O/c1-12(13-9-23-18(24-10-13)19(20,21)22)27-17-15-8-14(28-4-6-29-7-5-28)2-3-16(15)25-11-26-17/h2-3,8-12H,4-7H2,1H3,(H,25,26,27)/t12-/m1/s1. The van der Waals surface area contributed by atoms with Crippen molar-refractivity contribution in [2.75, 3.05) is 36.5 Å². The van der Waals surface area contributed by atoms with Crippen molar-refractivity contribution >= 4 is 22.4 Å². The number of ether oxygens (including phenoxy) is 1. The van der Waals surface area contributed by atoms with Crippen LogP contribution in [0.4, 0.5) is 24.7 Å². The Morgan fingerprint density at radius 1 is 1.07 bits per heavy atom. The number of rotatable bonds is 4. The first-order valence-electron chi connectivity index (χ1n) is 9.15. The third-order valence-electron chi connectivity index (χ3n) is 4.77. The maximum absolute atomic E-state index is 12.7. The van der Waals surface area contributed by atoms with E-state index in [2.05, 4.69) is 30.2 Å². The third kappa shape index (κ3) is 4.21. The number of hydrogen-bond donors (Lipinski definition) is 1. The van der Waals surface area contributed by atoms with Crippen LogP contribution in [0.3, 0.4) is 0 Å². The number of nitrogens with zero attached hydrogens (tertiary/aromatic N) is 5. The fraction of sp³-hybridized carbons (Fsp3) is 0.368. The van der Waals surface area contributed by atoms with Crippen LogP contribution in [0.15, 0.2) is 36.9 Å². The summed E-state index contributed by atoms with van der Waals surface area (Å²) in [6.07, 6.45) is -0.755. The van der Waals surface area contributed by atoms with Crippen LogP contribution in [0.5, 0.6) is 0 Å².